The lowest BCUT2D eigenvalue weighted by Crippen LogP contribution is -2.50. The van der Waals surface area contributed by atoms with Crippen molar-refractivity contribution in [1.82, 2.24) is 4.90 Å². The van der Waals surface area contributed by atoms with Crippen molar-refractivity contribution in [3.63, 3.8) is 0 Å². The maximum Gasteiger partial charge on any atom is 0.166 e. The highest BCUT2D eigenvalue weighted by Gasteiger charge is 2.35. The second-order valence-corrected chi connectivity index (χ2v) is 9.54. The molecule has 0 aromatic heterocycles. The van der Waals surface area contributed by atoms with E-state index in [4.69, 9.17) is 0 Å². The van der Waals surface area contributed by atoms with Crippen LogP contribution in [-0.4, -0.2) is 60.3 Å². The fourth-order valence-electron chi connectivity index (χ4n) is 3.23. The molecule has 1 heterocycles. The van der Waals surface area contributed by atoms with E-state index >= 15 is 0 Å². The third-order valence-corrected chi connectivity index (χ3v) is 7.93. The third kappa shape index (κ3) is 4.12. The van der Waals surface area contributed by atoms with Crippen LogP contribution in [0, 0.1) is 5.92 Å². The second kappa shape index (κ2) is 7.47. The van der Waals surface area contributed by atoms with Gasteiger partial charge in [-0.2, -0.15) is 11.8 Å². The average Bonchev–Trinajstić information content (AvgIpc) is 2.65. The van der Waals surface area contributed by atoms with E-state index in [0.717, 1.165) is 44.5 Å². The summed E-state index contributed by atoms with van der Waals surface area (Å²) in [5, 5.41) is 9.90. The Bertz CT molecular complexity index is 399. The minimum Gasteiger partial charge on any atom is -0.393 e. The first-order valence-electron chi connectivity index (χ1n) is 7.76. The van der Waals surface area contributed by atoms with Crippen LogP contribution in [-0.2, 0) is 9.84 Å². The van der Waals surface area contributed by atoms with Gasteiger partial charge in [0, 0.05) is 30.3 Å². The van der Waals surface area contributed by atoms with Gasteiger partial charge in [-0.1, -0.05) is 26.2 Å². The van der Waals surface area contributed by atoms with Crippen molar-refractivity contribution in [3.05, 3.63) is 0 Å². The zero-order chi connectivity index (χ0) is 14.6. The lowest BCUT2D eigenvalue weighted by molar-refractivity contribution is 0.0723. The zero-order valence-corrected chi connectivity index (χ0v) is 14.0. The Morgan fingerprint density at radius 2 is 2.00 bits per heavy atom. The average molecular weight is 322 g/mol. The molecule has 0 amide bonds. The van der Waals surface area contributed by atoms with Crippen LogP contribution in [0.5, 0.6) is 0 Å². The molecule has 3 atom stereocenters. The van der Waals surface area contributed by atoms with E-state index in [2.05, 4.69) is 4.90 Å². The van der Waals surface area contributed by atoms with Crippen LogP contribution in [0.4, 0.5) is 0 Å². The van der Waals surface area contributed by atoms with Gasteiger partial charge in [-0.05, 0) is 18.8 Å². The summed E-state index contributed by atoms with van der Waals surface area (Å²) in [6.07, 6.45) is 5.11. The molecule has 20 heavy (non-hydrogen) atoms. The van der Waals surface area contributed by atoms with Crippen molar-refractivity contribution in [2.45, 2.75) is 50.5 Å². The Morgan fingerprint density at radius 1 is 1.25 bits per heavy atom. The van der Waals surface area contributed by atoms with Crippen LogP contribution in [0.25, 0.3) is 0 Å². The van der Waals surface area contributed by atoms with Gasteiger partial charge in [0.05, 0.1) is 6.10 Å². The molecule has 1 aliphatic carbocycles. The molecule has 118 valence electrons. The summed E-state index contributed by atoms with van der Waals surface area (Å²) in [7, 11) is -3.02. The van der Waals surface area contributed by atoms with Gasteiger partial charge >= 0.3 is 0 Å². The molecule has 2 aliphatic rings. The minimum atomic E-state index is -3.02. The van der Waals surface area contributed by atoms with E-state index in [1.165, 1.54) is 6.42 Å². The molecule has 1 aliphatic heterocycles. The van der Waals surface area contributed by atoms with Gasteiger partial charge in [0.25, 0.3) is 0 Å². The molecule has 0 bridgehead atoms. The summed E-state index contributed by atoms with van der Waals surface area (Å²) in [4.78, 5) is 2.12. The first-order chi connectivity index (χ1) is 9.54. The molecule has 0 aromatic carbocycles. The molecule has 2 fully saturated rings. The van der Waals surface area contributed by atoms with Gasteiger partial charge < -0.3 is 5.11 Å². The monoisotopic (exact) mass is 321 g/mol. The molecule has 6 heteroatoms. The normalized spacial score (nSPS) is 33.8. The smallest absolute Gasteiger partial charge is 0.166 e. The van der Waals surface area contributed by atoms with E-state index in [0.29, 0.717) is 5.75 Å². The summed E-state index contributed by atoms with van der Waals surface area (Å²) in [6.45, 7) is 3.30. The maximum absolute atomic E-state index is 12.2. The van der Waals surface area contributed by atoms with Crippen molar-refractivity contribution >= 4 is 21.6 Å². The third-order valence-electron chi connectivity index (χ3n) is 4.60. The Hall–Kier alpha value is 0.220. The number of aliphatic hydroxyl groups excluding tert-OH is 1. The van der Waals surface area contributed by atoms with Crippen molar-refractivity contribution in [2.24, 2.45) is 5.92 Å². The number of sulfone groups is 1. The molecule has 3 unspecified atom stereocenters. The number of rotatable bonds is 4. The number of thioether (sulfide) groups is 1. The van der Waals surface area contributed by atoms with E-state index in [1.807, 2.05) is 0 Å². The van der Waals surface area contributed by atoms with Crippen LogP contribution < -0.4 is 0 Å². The quantitative estimate of drug-likeness (QED) is 0.799. The summed E-state index contributed by atoms with van der Waals surface area (Å²) < 4.78 is 24.5. The van der Waals surface area contributed by atoms with Crippen molar-refractivity contribution in [2.75, 3.05) is 30.3 Å². The highest BCUT2D eigenvalue weighted by Crippen LogP contribution is 2.28. The first-order valence-corrected chi connectivity index (χ1v) is 10.6. The zero-order valence-electron chi connectivity index (χ0n) is 12.3. The SMILES string of the molecule is CCS(=O)(=O)C1CSCCN1CC1CCCCCC1O. The van der Waals surface area contributed by atoms with Crippen LogP contribution in [0.15, 0.2) is 0 Å². The molecular formula is C14H27NO3S2. The molecule has 2 rings (SSSR count). The number of aliphatic hydroxyl groups is 1. The molecule has 1 saturated carbocycles. The van der Waals surface area contributed by atoms with E-state index in [9.17, 15) is 13.5 Å². The largest absolute Gasteiger partial charge is 0.393 e. The maximum atomic E-state index is 12.2. The Balaban J connectivity index is 2.04. The number of hydrogen-bond donors (Lipinski definition) is 1. The molecule has 0 radical (unpaired) electrons. The lowest BCUT2D eigenvalue weighted by atomic mass is 9.96. The lowest BCUT2D eigenvalue weighted by Gasteiger charge is -2.37. The van der Waals surface area contributed by atoms with E-state index in [-0.39, 0.29) is 23.1 Å². The van der Waals surface area contributed by atoms with Gasteiger partial charge in [-0.15, -0.1) is 0 Å². The van der Waals surface area contributed by atoms with Gasteiger partial charge in [0.2, 0.25) is 0 Å². The van der Waals surface area contributed by atoms with E-state index in [1.54, 1.807) is 18.7 Å². The predicted octanol–water partition coefficient (Wildman–Crippen LogP) is 1.74. The van der Waals surface area contributed by atoms with Gasteiger partial charge in [-0.3, -0.25) is 4.90 Å². The molecule has 0 spiro atoms. The molecule has 1 N–H and O–H groups in total. The highest BCUT2D eigenvalue weighted by molar-refractivity contribution is 8.01. The standard InChI is InChI=1S/C14H27NO3S2/c1-2-20(17,18)14-11-19-9-8-15(14)10-12-6-4-3-5-7-13(12)16/h12-14,16H,2-11H2,1H3. The van der Waals surface area contributed by atoms with Crippen molar-refractivity contribution in [3.8, 4) is 0 Å². The van der Waals surface area contributed by atoms with Gasteiger partial charge in [0.15, 0.2) is 9.84 Å². The molecule has 1 saturated heterocycles. The first kappa shape index (κ1) is 16.6. The fourth-order valence-corrected chi connectivity index (χ4v) is 6.32. The van der Waals surface area contributed by atoms with E-state index < -0.39 is 9.84 Å². The molecule has 0 aromatic rings. The Kier molecular flexibility index (Phi) is 6.20. The van der Waals surface area contributed by atoms with Crippen molar-refractivity contribution < 1.29 is 13.5 Å². The van der Waals surface area contributed by atoms with Gasteiger partial charge in [-0.25, -0.2) is 8.42 Å². The molecular weight excluding hydrogens is 294 g/mol. The van der Waals surface area contributed by atoms with Crippen LogP contribution in [0.1, 0.15) is 39.0 Å². The van der Waals surface area contributed by atoms with Crippen LogP contribution in [0.2, 0.25) is 0 Å². The Morgan fingerprint density at radius 3 is 2.75 bits per heavy atom. The summed E-state index contributed by atoms with van der Waals surface area (Å²) in [5.41, 5.74) is 0. The van der Waals surface area contributed by atoms with Crippen LogP contribution in [0.3, 0.4) is 0 Å². The van der Waals surface area contributed by atoms with Gasteiger partial charge in [0.1, 0.15) is 5.37 Å². The highest BCUT2D eigenvalue weighted by atomic mass is 32.2. The summed E-state index contributed by atoms with van der Waals surface area (Å²) >= 11 is 1.73. The van der Waals surface area contributed by atoms with Crippen molar-refractivity contribution in [1.29, 1.82) is 0 Å². The number of nitrogens with zero attached hydrogens (tertiary/aromatic N) is 1. The topological polar surface area (TPSA) is 57.6 Å². The van der Waals surface area contributed by atoms with Crippen LogP contribution >= 0.6 is 11.8 Å². The summed E-state index contributed by atoms with van der Waals surface area (Å²) in [6, 6.07) is 0. The predicted molar refractivity (Wildman–Crippen MR) is 84.7 cm³/mol. The Labute approximate surface area is 127 Å². The molecule has 4 nitrogen and oxygen atoms in total. The fraction of sp³-hybridized carbons (Fsp3) is 1.00. The minimum absolute atomic E-state index is 0.210. The summed E-state index contributed by atoms with van der Waals surface area (Å²) in [5.74, 6) is 2.13. The number of hydrogen-bond acceptors (Lipinski definition) is 5. The second-order valence-electron chi connectivity index (χ2n) is 5.94.